The molecule has 0 spiro atoms. The van der Waals surface area contributed by atoms with E-state index < -0.39 is 0 Å². The molecule has 0 radical (unpaired) electrons. The Bertz CT molecular complexity index is 426. The first-order chi connectivity index (χ1) is 10.4. The van der Waals surface area contributed by atoms with E-state index in [0.717, 1.165) is 12.0 Å². The molecule has 2 heteroatoms. The van der Waals surface area contributed by atoms with E-state index in [1.54, 1.807) is 12.3 Å². The molecular formula is C19H28N2. The van der Waals surface area contributed by atoms with Crippen LogP contribution in [0.1, 0.15) is 82.4 Å². The van der Waals surface area contributed by atoms with Gasteiger partial charge in [0.05, 0.1) is 0 Å². The summed E-state index contributed by atoms with van der Waals surface area (Å²) in [5.41, 5.74) is 1.55. The number of allylic oxidation sites excluding steroid dienone is 1. The summed E-state index contributed by atoms with van der Waals surface area (Å²) < 4.78 is 0. The molecule has 0 fully saturated rings. The van der Waals surface area contributed by atoms with Crippen LogP contribution in [0.5, 0.6) is 0 Å². The third-order valence-corrected chi connectivity index (χ3v) is 3.69. The average Bonchev–Trinajstić information content (AvgIpc) is 2.53. The minimum Gasteiger partial charge on any atom is -0.245 e. The lowest BCUT2D eigenvalue weighted by molar-refractivity contribution is 0.566. The van der Waals surface area contributed by atoms with Gasteiger partial charge in [0.25, 0.3) is 0 Å². The highest BCUT2D eigenvalue weighted by atomic mass is 14.7. The van der Waals surface area contributed by atoms with E-state index in [-0.39, 0.29) is 0 Å². The Morgan fingerprint density at radius 1 is 1.00 bits per heavy atom. The van der Waals surface area contributed by atoms with Crippen LogP contribution in [0.2, 0.25) is 0 Å². The lowest BCUT2D eigenvalue weighted by Crippen LogP contribution is -1.82. The number of pyridine rings is 1. The van der Waals surface area contributed by atoms with E-state index in [4.69, 9.17) is 5.26 Å². The lowest BCUT2D eigenvalue weighted by atomic mass is 10.1. The van der Waals surface area contributed by atoms with E-state index in [1.807, 2.05) is 12.1 Å². The van der Waals surface area contributed by atoms with Crippen molar-refractivity contribution in [3.05, 3.63) is 35.7 Å². The van der Waals surface area contributed by atoms with E-state index in [9.17, 15) is 0 Å². The zero-order chi connectivity index (χ0) is 15.2. The van der Waals surface area contributed by atoms with Crippen molar-refractivity contribution in [3.63, 3.8) is 0 Å². The maximum atomic E-state index is 8.68. The molecule has 0 N–H and O–H groups in total. The van der Waals surface area contributed by atoms with Gasteiger partial charge in [-0.05, 0) is 24.5 Å². The largest absolute Gasteiger partial charge is 0.245 e. The Balaban J connectivity index is 1.98. The zero-order valence-corrected chi connectivity index (χ0v) is 13.4. The number of nitrogens with zero attached hydrogens (tertiary/aromatic N) is 2. The topological polar surface area (TPSA) is 36.7 Å². The fraction of sp³-hybridized carbons (Fsp3) is 0.579. The van der Waals surface area contributed by atoms with E-state index in [0.29, 0.717) is 5.69 Å². The molecule has 0 saturated carbocycles. The Morgan fingerprint density at radius 3 is 2.24 bits per heavy atom. The zero-order valence-electron chi connectivity index (χ0n) is 13.4. The van der Waals surface area contributed by atoms with Crippen LogP contribution in [0.15, 0.2) is 24.4 Å². The van der Waals surface area contributed by atoms with E-state index in [1.165, 1.54) is 57.8 Å². The van der Waals surface area contributed by atoms with Crippen LogP contribution >= 0.6 is 0 Å². The number of unbranched alkanes of at least 4 members (excludes halogenated alkanes) is 9. The van der Waals surface area contributed by atoms with Crippen LogP contribution in [0, 0.1) is 11.3 Å². The van der Waals surface area contributed by atoms with Crippen molar-refractivity contribution in [2.24, 2.45) is 0 Å². The predicted molar refractivity (Wildman–Crippen MR) is 89.8 cm³/mol. The van der Waals surface area contributed by atoms with Gasteiger partial charge < -0.3 is 0 Å². The number of aromatic nitrogens is 1. The number of hydrogen-bond donors (Lipinski definition) is 0. The fourth-order valence-corrected chi connectivity index (χ4v) is 2.36. The van der Waals surface area contributed by atoms with Crippen LogP contribution in [-0.2, 0) is 0 Å². The second-order valence-corrected chi connectivity index (χ2v) is 5.61. The van der Waals surface area contributed by atoms with Gasteiger partial charge in [0.2, 0.25) is 0 Å². The SMILES string of the molecule is CCCCCCCCCCCC=Cc1ccc(C#N)nc1. The van der Waals surface area contributed by atoms with Gasteiger partial charge >= 0.3 is 0 Å². The molecule has 1 rings (SSSR count). The number of nitriles is 1. The molecule has 0 aliphatic carbocycles. The molecular weight excluding hydrogens is 256 g/mol. The summed E-state index contributed by atoms with van der Waals surface area (Å²) in [6.45, 7) is 2.27. The molecule has 114 valence electrons. The van der Waals surface area contributed by atoms with Gasteiger partial charge in [-0.3, -0.25) is 0 Å². The quantitative estimate of drug-likeness (QED) is 0.475. The molecule has 0 saturated heterocycles. The van der Waals surface area contributed by atoms with Crippen molar-refractivity contribution in [2.75, 3.05) is 0 Å². The molecule has 0 amide bonds. The molecule has 0 atom stereocenters. The Hall–Kier alpha value is -1.62. The van der Waals surface area contributed by atoms with Crippen LogP contribution < -0.4 is 0 Å². The Kier molecular flexibility index (Phi) is 10.1. The average molecular weight is 284 g/mol. The fourth-order valence-electron chi connectivity index (χ4n) is 2.36. The summed E-state index contributed by atoms with van der Waals surface area (Å²) >= 11 is 0. The molecule has 1 heterocycles. The van der Waals surface area contributed by atoms with Crippen molar-refractivity contribution in [1.82, 2.24) is 4.98 Å². The number of rotatable bonds is 11. The van der Waals surface area contributed by atoms with Crippen molar-refractivity contribution in [3.8, 4) is 6.07 Å². The van der Waals surface area contributed by atoms with Crippen LogP contribution in [0.3, 0.4) is 0 Å². The van der Waals surface area contributed by atoms with Crippen molar-refractivity contribution < 1.29 is 0 Å². The molecule has 1 aromatic heterocycles. The molecule has 0 aromatic carbocycles. The summed E-state index contributed by atoms with van der Waals surface area (Å²) in [4.78, 5) is 4.05. The van der Waals surface area contributed by atoms with Gasteiger partial charge in [-0.15, -0.1) is 0 Å². The highest BCUT2D eigenvalue weighted by molar-refractivity contribution is 5.48. The van der Waals surface area contributed by atoms with Gasteiger partial charge in [0, 0.05) is 6.20 Å². The van der Waals surface area contributed by atoms with Crippen LogP contribution in [0.4, 0.5) is 0 Å². The minimum atomic E-state index is 0.478. The Labute approximate surface area is 129 Å². The van der Waals surface area contributed by atoms with Gasteiger partial charge in [-0.1, -0.05) is 76.5 Å². The minimum absolute atomic E-state index is 0.478. The van der Waals surface area contributed by atoms with Crippen LogP contribution in [0.25, 0.3) is 6.08 Å². The predicted octanol–water partition coefficient (Wildman–Crippen LogP) is 5.89. The van der Waals surface area contributed by atoms with Gasteiger partial charge in [0.15, 0.2) is 0 Å². The van der Waals surface area contributed by atoms with E-state index >= 15 is 0 Å². The van der Waals surface area contributed by atoms with Crippen molar-refractivity contribution in [2.45, 2.75) is 71.1 Å². The molecule has 21 heavy (non-hydrogen) atoms. The van der Waals surface area contributed by atoms with Gasteiger partial charge in [-0.2, -0.15) is 5.26 Å². The summed E-state index contributed by atoms with van der Waals surface area (Å²) in [5, 5.41) is 8.68. The molecule has 0 unspecified atom stereocenters. The molecule has 0 aliphatic rings. The van der Waals surface area contributed by atoms with E-state index in [2.05, 4.69) is 24.1 Å². The molecule has 1 aromatic rings. The molecule has 0 bridgehead atoms. The van der Waals surface area contributed by atoms with Crippen molar-refractivity contribution >= 4 is 6.08 Å². The summed E-state index contributed by atoms with van der Waals surface area (Å²) in [6.07, 6.45) is 19.6. The molecule has 2 nitrogen and oxygen atoms in total. The highest BCUT2D eigenvalue weighted by Gasteiger charge is 1.92. The molecule has 0 aliphatic heterocycles. The third kappa shape index (κ3) is 9.02. The van der Waals surface area contributed by atoms with Crippen LogP contribution in [-0.4, -0.2) is 4.98 Å². The summed E-state index contributed by atoms with van der Waals surface area (Å²) in [5.74, 6) is 0. The van der Waals surface area contributed by atoms with Gasteiger partial charge in [0.1, 0.15) is 11.8 Å². The standard InChI is InChI=1S/C19H28N2/c1-2-3-4-5-6-7-8-9-10-11-12-13-18-14-15-19(16-20)21-17-18/h12-15,17H,2-11H2,1H3. The smallest absolute Gasteiger partial charge is 0.140 e. The van der Waals surface area contributed by atoms with Gasteiger partial charge in [-0.25, -0.2) is 4.98 Å². The first kappa shape index (κ1) is 17.4. The lowest BCUT2D eigenvalue weighted by Gasteiger charge is -2.00. The number of hydrogen-bond acceptors (Lipinski definition) is 2. The summed E-state index contributed by atoms with van der Waals surface area (Å²) in [7, 11) is 0. The second-order valence-electron chi connectivity index (χ2n) is 5.61. The maximum Gasteiger partial charge on any atom is 0.140 e. The second kappa shape index (κ2) is 12.1. The highest BCUT2D eigenvalue weighted by Crippen LogP contribution is 2.11. The first-order valence-corrected chi connectivity index (χ1v) is 8.39. The van der Waals surface area contributed by atoms with Crippen molar-refractivity contribution in [1.29, 1.82) is 5.26 Å². The Morgan fingerprint density at radius 2 is 1.67 bits per heavy atom. The first-order valence-electron chi connectivity index (χ1n) is 8.39. The normalized spacial score (nSPS) is 10.9. The summed E-state index contributed by atoms with van der Waals surface area (Å²) in [6, 6.07) is 5.74. The monoisotopic (exact) mass is 284 g/mol. The third-order valence-electron chi connectivity index (χ3n) is 3.69. The maximum absolute atomic E-state index is 8.68.